The third kappa shape index (κ3) is 4.06. The number of benzene rings is 2. The zero-order valence-electron chi connectivity index (χ0n) is 14.6. The van der Waals surface area contributed by atoms with Crippen molar-refractivity contribution in [3.8, 4) is 0 Å². The minimum absolute atomic E-state index is 0.0235. The van der Waals surface area contributed by atoms with Crippen molar-refractivity contribution >= 4 is 33.2 Å². The first-order valence-electron chi connectivity index (χ1n) is 8.36. The van der Waals surface area contributed by atoms with Crippen molar-refractivity contribution < 1.29 is 22.8 Å². The van der Waals surface area contributed by atoms with Crippen LogP contribution in [-0.4, -0.2) is 31.9 Å². The number of carbonyl (C=O) groups is 3. The molecule has 2 aromatic rings. The molecular formula is C19H18N2O5S. The van der Waals surface area contributed by atoms with E-state index in [1.54, 1.807) is 30.3 Å². The smallest absolute Gasteiger partial charge is 0.261 e. The quantitative estimate of drug-likeness (QED) is 0.739. The van der Waals surface area contributed by atoms with E-state index in [-0.39, 0.29) is 40.3 Å². The molecule has 0 aliphatic carbocycles. The summed E-state index contributed by atoms with van der Waals surface area (Å²) in [5, 5.41) is 4.75. The number of rotatable bonds is 6. The van der Waals surface area contributed by atoms with Crippen LogP contribution >= 0.6 is 0 Å². The molecule has 0 unspecified atom stereocenters. The van der Waals surface area contributed by atoms with Gasteiger partial charge in [0.2, 0.25) is 5.91 Å². The Hall–Kier alpha value is -3.00. The number of fused-ring (bicyclic) bond motifs is 1. The van der Waals surface area contributed by atoms with Crippen LogP contribution in [0.15, 0.2) is 47.4 Å². The van der Waals surface area contributed by atoms with E-state index < -0.39 is 27.6 Å². The summed E-state index contributed by atoms with van der Waals surface area (Å²) in [4.78, 5) is 35.9. The maximum absolute atomic E-state index is 12.3. The maximum Gasteiger partial charge on any atom is 0.261 e. The predicted molar refractivity (Wildman–Crippen MR) is 99.3 cm³/mol. The highest BCUT2D eigenvalue weighted by atomic mass is 32.2. The van der Waals surface area contributed by atoms with E-state index in [9.17, 15) is 22.8 Å². The third-order valence-corrected chi connectivity index (χ3v) is 6.05. The van der Waals surface area contributed by atoms with Gasteiger partial charge in [-0.2, -0.15) is 0 Å². The Morgan fingerprint density at radius 3 is 2.44 bits per heavy atom. The summed E-state index contributed by atoms with van der Waals surface area (Å²) >= 11 is 0. The summed E-state index contributed by atoms with van der Waals surface area (Å²) in [6.07, 6.45) is 0.118. The van der Waals surface area contributed by atoms with Crippen molar-refractivity contribution in [3.05, 3.63) is 59.2 Å². The zero-order valence-corrected chi connectivity index (χ0v) is 15.4. The average Bonchev–Trinajstić information content (AvgIpc) is 2.90. The van der Waals surface area contributed by atoms with Crippen LogP contribution in [0.1, 0.15) is 39.1 Å². The van der Waals surface area contributed by atoms with Gasteiger partial charge in [-0.15, -0.1) is 0 Å². The van der Waals surface area contributed by atoms with Crippen LogP contribution in [0.25, 0.3) is 0 Å². The summed E-state index contributed by atoms with van der Waals surface area (Å²) in [7, 11) is -3.46. The Morgan fingerprint density at radius 1 is 1.04 bits per heavy atom. The zero-order chi connectivity index (χ0) is 19.6. The Labute approximate surface area is 156 Å². The van der Waals surface area contributed by atoms with Gasteiger partial charge in [0.05, 0.1) is 27.5 Å². The highest BCUT2D eigenvalue weighted by molar-refractivity contribution is 7.91. The molecule has 3 rings (SSSR count). The van der Waals surface area contributed by atoms with Crippen LogP contribution in [0.2, 0.25) is 0 Å². The summed E-state index contributed by atoms with van der Waals surface area (Å²) in [6, 6.07) is 11.1. The summed E-state index contributed by atoms with van der Waals surface area (Å²) in [6.45, 7) is 1.87. The van der Waals surface area contributed by atoms with Crippen LogP contribution < -0.4 is 10.6 Å². The van der Waals surface area contributed by atoms with Gasteiger partial charge in [0.1, 0.15) is 0 Å². The van der Waals surface area contributed by atoms with E-state index in [0.29, 0.717) is 0 Å². The van der Waals surface area contributed by atoms with E-state index >= 15 is 0 Å². The first-order chi connectivity index (χ1) is 12.8. The summed E-state index contributed by atoms with van der Waals surface area (Å²) in [5.41, 5.74) is 1.54. The Morgan fingerprint density at radius 2 is 1.74 bits per heavy atom. The SMILES string of the molecule is Cc1ccc(S(=O)(=O)CCCC(=O)Nc2cccc3c2C(=O)NC3=O)cc1. The number of hydrogen-bond donors (Lipinski definition) is 2. The lowest BCUT2D eigenvalue weighted by Gasteiger charge is -2.09. The number of imide groups is 1. The lowest BCUT2D eigenvalue weighted by atomic mass is 10.1. The minimum atomic E-state index is -3.46. The van der Waals surface area contributed by atoms with Gasteiger partial charge in [0, 0.05) is 6.42 Å². The molecule has 1 heterocycles. The fraction of sp³-hybridized carbons (Fsp3) is 0.211. The second kappa shape index (κ2) is 7.32. The van der Waals surface area contributed by atoms with E-state index in [0.717, 1.165) is 5.56 Å². The number of carbonyl (C=O) groups excluding carboxylic acids is 3. The first-order valence-corrected chi connectivity index (χ1v) is 10.0. The number of hydrogen-bond acceptors (Lipinski definition) is 5. The number of aryl methyl sites for hydroxylation is 1. The first kappa shape index (κ1) is 18.8. The van der Waals surface area contributed by atoms with Crippen molar-refractivity contribution in [2.24, 2.45) is 0 Å². The van der Waals surface area contributed by atoms with Gasteiger partial charge in [0.25, 0.3) is 11.8 Å². The molecule has 0 atom stereocenters. The molecule has 140 valence electrons. The topological polar surface area (TPSA) is 109 Å². The fourth-order valence-electron chi connectivity index (χ4n) is 2.82. The number of anilines is 1. The lowest BCUT2D eigenvalue weighted by Crippen LogP contribution is -2.21. The second-order valence-corrected chi connectivity index (χ2v) is 8.40. The summed E-state index contributed by atoms with van der Waals surface area (Å²) < 4.78 is 24.6. The molecule has 2 aromatic carbocycles. The van der Waals surface area contributed by atoms with E-state index in [4.69, 9.17) is 0 Å². The molecule has 2 N–H and O–H groups in total. The van der Waals surface area contributed by atoms with Gasteiger partial charge in [-0.3, -0.25) is 19.7 Å². The van der Waals surface area contributed by atoms with Gasteiger partial charge in [-0.1, -0.05) is 23.8 Å². The molecule has 0 radical (unpaired) electrons. The van der Waals surface area contributed by atoms with E-state index in [1.165, 1.54) is 12.1 Å². The predicted octanol–water partition coefficient (Wildman–Crippen LogP) is 2.07. The molecule has 27 heavy (non-hydrogen) atoms. The van der Waals surface area contributed by atoms with Crippen LogP contribution in [0.4, 0.5) is 5.69 Å². The molecule has 7 nitrogen and oxygen atoms in total. The van der Waals surface area contributed by atoms with Gasteiger partial charge in [-0.25, -0.2) is 8.42 Å². The molecular weight excluding hydrogens is 368 g/mol. The highest BCUT2D eigenvalue weighted by Gasteiger charge is 2.29. The van der Waals surface area contributed by atoms with Crippen molar-refractivity contribution in [1.29, 1.82) is 0 Å². The molecule has 1 aliphatic rings. The summed E-state index contributed by atoms with van der Waals surface area (Å²) in [5.74, 6) is -1.65. The molecule has 1 aliphatic heterocycles. The third-order valence-electron chi connectivity index (χ3n) is 4.23. The fourth-order valence-corrected chi connectivity index (χ4v) is 4.13. The highest BCUT2D eigenvalue weighted by Crippen LogP contribution is 2.24. The monoisotopic (exact) mass is 386 g/mol. The Balaban J connectivity index is 1.61. The van der Waals surface area contributed by atoms with Gasteiger partial charge < -0.3 is 5.32 Å². The van der Waals surface area contributed by atoms with Crippen molar-refractivity contribution in [2.45, 2.75) is 24.7 Å². The average molecular weight is 386 g/mol. The van der Waals surface area contributed by atoms with Crippen LogP contribution in [0.3, 0.4) is 0 Å². The number of nitrogens with one attached hydrogen (secondary N) is 2. The molecule has 0 bridgehead atoms. The Kier molecular flexibility index (Phi) is 5.09. The van der Waals surface area contributed by atoms with E-state index in [2.05, 4.69) is 10.6 Å². The standard InChI is InChI=1S/C19H18N2O5S/c1-12-7-9-13(10-8-12)27(25,26)11-3-6-16(22)20-15-5-2-4-14-17(15)19(24)21-18(14)23/h2,4-5,7-10H,3,6,11H2,1H3,(H,20,22)(H,21,23,24). The molecule has 0 aromatic heterocycles. The lowest BCUT2D eigenvalue weighted by molar-refractivity contribution is -0.116. The molecule has 0 spiro atoms. The molecule has 0 fully saturated rings. The molecule has 3 amide bonds. The molecule has 8 heteroatoms. The molecule has 0 saturated heterocycles. The molecule has 0 saturated carbocycles. The van der Waals surface area contributed by atoms with Crippen LogP contribution in [0, 0.1) is 6.92 Å². The number of amides is 3. The van der Waals surface area contributed by atoms with E-state index in [1.807, 2.05) is 6.92 Å². The number of sulfone groups is 1. The van der Waals surface area contributed by atoms with Crippen molar-refractivity contribution in [3.63, 3.8) is 0 Å². The van der Waals surface area contributed by atoms with Crippen molar-refractivity contribution in [1.82, 2.24) is 5.32 Å². The normalized spacial score (nSPS) is 13.2. The Bertz CT molecular complexity index is 1030. The maximum atomic E-state index is 12.3. The van der Waals surface area contributed by atoms with Crippen molar-refractivity contribution in [2.75, 3.05) is 11.1 Å². The second-order valence-electron chi connectivity index (χ2n) is 6.30. The van der Waals surface area contributed by atoms with Crippen LogP contribution in [0.5, 0.6) is 0 Å². The largest absolute Gasteiger partial charge is 0.325 e. The van der Waals surface area contributed by atoms with Gasteiger partial charge in [-0.05, 0) is 37.6 Å². The van der Waals surface area contributed by atoms with Gasteiger partial charge >= 0.3 is 0 Å². The minimum Gasteiger partial charge on any atom is -0.325 e. The van der Waals surface area contributed by atoms with Crippen LogP contribution in [-0.2, 0) is 14.6 Å². The van der Waals surface area contributed by atoms with Gasteiger partial charge in [0.15, 0.2) is 9.84 Å².